The first-order valence-corrected chi connectivity index (χ1v) is 10.3. The Kier molecular flexibility index (Phi) is 6.66. The number of imide groups is 1. The van der Waals surface area contributed by atoms with Crippen molar-refractivity contribution in [3.05, 3.63) is 65.2 Å². The summed E-state index contributed by atoms with van der Waals surface area (Å²) in [5.74, 6) is -1.67. The first kappa shape index (κ1) is 24.1. The smallest absolute Gasteiger partial charge is 0.406 e. The average molecular weight is 463 g/mol. The van der Waals surface area contributed by atoms with Gasteiger partial charge in [-0.05, 0) is 49.1 Å². The summed E-state index contributed by atoms with van der Waals surface area (Å²) in [6.07, 6.45) is -3.95. The van der Waals surface area contributed by atoms with Crippen LogP contribution in [0.1, 0.15) is 43.5 Å². The molecule has 0 aromatic heterocycles. The molecular formula is C23H24F3N3O4. The summed E-state index contributed by atoms with van der Waals surface area (Å²) in [7, 11) is 0. The third-order valence-corrected chi connectivity index (χ3v) is 5.51. The number of nitrogens with one attached hydrogen (secondary N) is 2. The molecule has 1 aliphatic heterocycles. The number of halogens is 3. The van der Waals surface area contributed by atoms with E-state index in [1.807, 2.05) is 31.2 Å². The van der Waals surface area contributed by atoms with Gasteiger partial charge in [-0.1, -0.05) is 43.3 Å². The van der Waals surface area contributed by atoms with Crippen LogP contribution in [0.15, 0.2) is 48.5 Å². The van der Waals surface area contributed by atoms with Crippen LogP contribution in [0.3, 0.4) is 0 Å². The van der Waals surface area contributed by atoms with Crippen LogP contribution in [0, 0.1) is 0 Å². The summed E-state index contributed by atoms with van der Waals surface area (Å²) < 4.78 is 40.9. The number of nitrogens with zero attached hydrogens (tertiary/aromatic N) is 1. The average Bonchev–Trinajstić information content (AvgIpc) is 2.97. The highest BCUT2D eigenvalue weighted by molar-refractivity contribution is 6.09. The molecule has 1 saturated heterocycles. The number of hydrogen-bond acceptors (Lipinski definition) is 4. The SMILES string of the molecule is CCc1ccc(C(C)NC(=O)CN2C(=O)NC(C)(c3ccc(OC(F)(F)F)cc3)C2=O)cc1. The Bertz CT molecular complexity index is 1040. The topological polar surface area (TPSA) is 87.7 Å². The number of benzene rings is 2. The van der Waals surface area contributed by atoms with E-state index < -0.39 is 42.0 Å². The first-order valence-electron chi connectivity index (χ1n) is 10.3. The number of rotatable bonds is 7. The van der Waals surface area contributed by atoms with E-state index in [0.717, 1.165) is 34.6 Å². The van der Waals surface area contributed by atoms with Crippen LogP contribution in [-0.2, 0) is 21.5 Å². The van der Waals surface area contributed by atoms with Gasteiger partial charge < -0.3 is 15.4 Å². The Balaban J connectivity index is 1.66. The van der Waals surface area contributed by atoms with E-state index in [1.54, 1.807) is 6.92 Å². The number of carbonyl (C=O) groups is 3. The van der Waals surface area contributed by atoms with Crippen molar-refractivity contribution < 1.29 is 32.3 Å². The van der Waals surface area contributed by atoms with Gasteiger partial charge in [0.1, 0.15) is 17.8 Å². The lowest BCUT2D eigenvalue weighted by atomic mass is 9.92. The van der Waals surface area contributed by atoms with E-state index >= 15 is 0 Å². The lowest BCUT2D eigenvalue weighted by Crippen LogP contribution is -2.43. The van der Waals surface area contributed by atoms with E-state index in [-0.39, 0.29) is 11.6 Å². The molecule has 176 valence electrons. The summed E-state index contributed by atoms with van der Waals surface area (Å²) in [6, 6.07) is 11.2. The van der Waals surface area contributed by atoms with Crippen LogP contribution in [0.25, 0.3) is 0 Å². The molecule has 1 heterocycles. The molecule has 3 rings (SSSR count). The third kappa shape index (κ3) is 5.44. The zero-order valence-electron chi connectivity index (χ0n) is 18.3. The quantitative estimate of drug-likeness (QED) is 0.612. The highest BCUT2D eigenvalue weighted by Gasteiger charge is 2.49. The van der Waals surface area contributed by atoms with E-state index in [4.69, 9.17) is 0 Å². The Labute approximate surface area is 188 Å². The van der Waals surface area contributed by atoms with Gasteiger partial charge >= 0.3 is 12.4 Å². The van der Waals surface area contributed by atoms with Gasteiger partial charge in [-0.2, -0.15) is 0 Å². The normalized spacial score (nSPS) is 19.3. The molecule has 0 aliphatic carbocycles. The lowest BCUT2D eigenvalue weighted by Gasteiger charge is -2.23. The van der Waals surface area contributed by atoms with Crippen LogP contribution in [0.2, 0.25) is 0 Å². The van der Waals surface area contributed by atoms with Gasteiger partial charge in [0, 0.05) is 0 Å². The fraction of sp³-hybridized carbons (Fsp3) is 0.348. The fourth-order valence-corrected chi connectivity index (χ4v) is 3.58. The van der Waals surface area contributed by atoms with Crippen LogP contribution in [-0.4, -0.2) is 35.7 Å². The maximum absolute atomic E-state index is 13.0. The van der Waals surface area contributed by atoms with Crippen LogP contribution in [0.4, 0.5) is 18.0 Å². The molecule has 7 nitrogen and oxygen atoms in total. The summed E-state index contributed by atoms with van der Waals surface area (Å²) in [5.41, 5.74) is 0.760. The first-order chi connectivity index (χ1) is 15.4. The molecule has 0 spiro atoms. The Morgan fingerprint density at radius 3 is 2.27 bits per heavy atom. The predicted octanol–water partition coefficient (Wildman–Crippen LogP) is 3.79. The van der Waals surface area contributed by atoms with Gasteiger partial charge in [0.05, 0.1) is 6.04 Å². The van der Waals surface area contributed by atoms with Crippen molar-refractivity contribution in [2.24, 2.45) is 0 Å². The third-order valence-electron chi connectivity index (χ3n) is 5.51. The number of urea groups is 1. The van der Waals surface area contributed by atoms with Crippen molar-refractivity contribution in [1.82, 2.24) is 15.5 Å². The predicted molar refractivity (Wildman–Crippen MR) is 113 cm³/mol. The van der Waals surface area contributed by atoms with Crippen molar-refractivity contribution in [3.8, 4) is 5.75 Å². The molecule has 2 aromatic carbocycles. The minimum atomic E-state index is -4.85. The summed E-state index contributed by atoms with van der Waals surface area (Å²) in [4.78, 5) is 38.7. The number of aryl methyl sites for hydroxylation is 1. The highest BCUT2D eigenvalue weighted by Crippen LogP contribution is 2.31. The van der Waals surface area contributed by atoms with Gasteiger partial charge in [-0.25, -0.2) is 4.79 Å². The van der Waals surface area contributed by atoms with E-state index in [1.165, 1.54) is 19.1 Å². The summed E-state index contributed by atoms with van der Waals surface area (Å²) in [5, 5.41) is 5.27. The van der Waals surface area contributed by atoms with E-state index in [9.17, 15) is 27.6 Å². The van der Waals surface area contributed by atoms with Crippen LogP contribution in [0.5, 0.6) is 5.75 Å². The van der Waals surface area contributed by atoms with Gasteiger partial charge in [-0.3, -0.25) is 14.5 Å². The molecular weight excluding hydrogens is 439 g/mol. The van der Waals surface area contributed by atoms with E-state index in [2.05, 4.69) is 15.4 Å². The molecule has 33 heavy (non-hydrogen) atoms. The Hall–Kier alpha value is -3.56. The van der Waals surface area contributed by atoms with Gasteiger partial charge in [0.25, 0.3) is 5.91 Å². The lowest BCUT2D eigenvalue weighted by molar-refractivity contribution is -0.274. The molecule has 2 unspecified atom stereocenters. The highest BCUT2D eigenvalue weighted by atomic mass is 19.4. The van der Waals surface area contributed by atoms with Crippen molar-refractivity contribution >= 4 is 17.8 Å². The summed E-state index contributed by atoms with van der Waals surface area (Å²) in [6.45, 7) is 4.76. The molecule has 0 bridgehead atoms. The molecule has 0 saturated carbocycles. The minimum absolute atomic E-state index is 0.252. The number of amides is 4. The zero-order valence-corrected chi connectivity index (χ0v) is 18.3. The largest absolute Gasteiger partial charge is 0.573 e. The van der Waals surface area contributed by atoms with Crippen molar-refractivity contribution in [2.75, 3.05) is 6.54 Å². The number of hydrogen-bond donors (Lipinski definition) is 2. The zero-order chi connectivity index (χ0) is 24.4. The minimum Gasteiger partial charge on any atom is -0.406 e. The molecule has 4 amide bonds. The molecule has 2 N–H and O–H groups in total. The second-order valence-corrected chi connectivity index (χ2v) is 7.90. The van der Waals surface area contributed by atoms with Crippen molar-refractivity contribution in [1.29, 1.82) is 0 Å². The van der Waals surface area contributed by atoms with Crippen molar-refractivity contribution in [2.45, 2.75) is 45.1 Å². The monoisotopic (exact) mass is 463 g/mol. The summed E-state index contributed by atoms with van der Waals surface area (Å²) >= 11 is 0. The van der Waals surface area contributed by atoms with Gasteiger partial charge in [0.15, 0.2) is 0 Å². The molecule has 1 aliphatic rings. The number of ether oxygens (including phenoxy) is 1. The molecule has 1 fully saturated rings. The van der Waals surface area contributed by atoms with Gasteiger partial charge in [-0.15, -0.1) is 13.2 Å². The standard InChI is InChI=1S/C23H24F3N3O4/c1-4-15-5-7-16(8-6-15)14(2)27-19(30)13-29-20(31)22(3,28-21(29)32)17-9-11-18(12-10-17)33-23(24,25)26/h5-12,14H,4,13H2,1-3H3,(H,27,30)(H,28,32). The Morgan fingerprint density at radius 2 is 1.73 bits per heavy atom. The second kappa shape index (κ2) is 9.13. The van der Waals surface area contributed by atoms with Crippen molar-refractivity contribution in [3.63, 3.8) is 0 Å². The maximum atomic E-state index is 13.0. The van der Waals surface area contributed by atoms with Gasteiger partial charge in [0.2, 0.25) is 5.91 Å². The molecule has 2 atom stereocenters. The number of carbonyl (C=O) groups excluding carboxylic acids is 3. The molecule has 10 heteroatoms. The Morgan fingerprint density at radius 1 is 1.12 bits per heavy atom. The number of alkyl halides is 3. The van der Waals surface area contributed by atoms with Crippen LogP contribution >= 0.6 is 0 Å². The fourth-order valence-electron chi connectivity index (χ4n) is 3.58. The molecule has 2 aromatic rings. The molecule has 0 radical (unpaired) electrons. The maximum Gasteiger partial charge on any atom is 0.573 e. The van der Waals surface area contributed by atoms with Crippen LogP contribution < -0.4 is 15.4 Å². The van der Waals surface area contributed by atoms with E-state index in [0.29, 0.717) is 0 Å². The second-order valence-electron chi connectivity index (χ2n) is 7.90.